The second kappa shape index (κ2) is 11.0. The Balaban J connectivity index is 1.15. The van der Waals surface area contributed by atoms with E-state index in [1.807, 2.05) is 30.3 Å². The molecule has 1 aliphatic carbocycles. The summed E-state index contributed by atoms with van der Waals surface area (Å²) < 4.78 is 17.3. The van der Waals surface area contributed by atoms with Crippen LogP contribution in [0.5, 0.6) is 5.75 Å². The van der Waals surface area contributed by atoms with Crippen molar-refractivity contribution in [3.8, 4) is 5.75 Å². The number of carbonyl (C=O) groups is 1. The molecule has 0 bridgehead atoms. The molecule has 1 aromatic heterocycles. The van der Waals surface area contributed by atoms with Crippen molar-refractivity contribution in [2.24, 2.45) is 5.92 Å². The summed E-state index contributed by atoms with van der Waals surface area (Å²) in [6.45, 7) is 5.99. The molecule has 174 valence electrons. The monoisotopic (exact) mass is 440 g/mol. The maximum absolute atomic E-state index is 12.3. The number of rotatable bonds is 11. The van der Waals surface area contributed by atoms with Crippen molar-refractivity contribution in [2.45, 2.75) is 57.5 Å². The summed E-state index contributed by atoms with van der Waals surface area (Å²) in [5.41, 5.74) is 1.04. The van der Waals surface area contributed by atoms with Crippen LogP contribution in [0.4, 0.5) is 0 Å². The van der Waals surface area contributed by atoms with Gasteiger partial charge in [0.15, 0.2) is 0 Å². The normalized spacial score (nSPS) is 21.0. The number of likely N-dealkylation sites (N-methyl/N-ethyl adjacent to an activating group) is 1. The molecule has 2 unspecified atom stereocenters. The fourth-order valence-corrected chi connectivity index (χ4v) is 4.33. The van der Waals surface area contributed by atoms with Crippen LogP contribution in [0.1, 0.15) is 55.6 Å². The van der Waals surface area contributed by atoms with Crippen molar-refractivity contribution in [1.29, 1.82) is 0 Å². The first kappa shape index (κ1) is 22.9. The Morgan fingerprint density at radius 1 is 1.22 bits per heavy atom. The first-order valence-corrected chi connectivity index (χ1v) is 11.9. The Hall–Kier alpha value is -2.31. The molecule has 1 saturated heterocycles. The van der Waals surface area contributed by atoms with E-state index in [0.717, 1.165) is 61.4 Å². The van der Waals surface area contributed by atoms with E-state index in [0.29, 0.717) is 38.0 Å². The van der Waals surface area contributed by atoms with Crippen LogP contribution in [0.2, 0.25) is 0 Å². The van der Waals surface area contributed by atoms with Crippen LogP contribution < -0.4 is 10.1 Å². The van der Waals surface area contributed by atoms with Crippen molar-refractivity contribution < 1.29 is 18.7 Å². The molecule has 1 aliphatic heterocycles. The van der Waals surface area contributed by atoms with Crippen molar-refractivity contribution in [3.63, 3.8) is 0 Å². The average Bonchev–Trinajstić information content (AvgIpc) is 3.36. The van der Waals surface area contributed by atoms with Gasteiger partial charge in [0.05, 0.1) is 0 Å². The largest absolute Gasteiger partial charge is 0.492 e. The van der Waals surface area contributed by atoms with Crippen molar-refractivity contribution >= 4 is 5.91 Å². The van der Waals surface area contributed by atoms with E-state index in [2.05, 4.69) is 30.3 Å². The summed E-state index contributed by atoms with van der Waals surface area (Å²) in [4.78, 5) is 14.6. The molecular weight excluding hydrogens is 404 g/mol. The molecule has 6 heteroatoms. The Bertz CT molecular complexity index is 874. The molecule has 0 radical (unpaired) electrons. The summed E-state index contributed by atoms with van der Waals surface area (Å²) in [6.07, 6.45) is 4.46. The molecule has 1 amide bonds. The second-order valence-corrected chi connectivity index (χ2v) is 9.22. The summed E-state index contributed by atoms with van der Waals surface area (Å²) in [6, 6.07) is 12.6. The number of hydrogen-bond acceptors (Lipinski definition) is 5. The molecule has 2 heterocycles. The third-order valence-electron chi connectivity index (χ3n) is 6.67. The molecule has 1 N–H and O–H groups in total. The van der Waals surface area contributed by atoms with Gasteiger partial charge < -0.3 is 19.2 Å². The smallest absolute Gasteiger partial charge is 0.220 e. The maximum atomic E-state index is 12.3. The quantitative estimate of drug-likeness (QED) is 0.569. The Labute approximate surface area is 191 Å². The lowest BCUT2D eigenvalue weighted by Gasteiger charge is -2.31. The van der Waals surface area contributed by atoms with Crippen molar-refractivity contribution in [1.82, 2.24) is 10.2 Å². The predicted molar refractivity (Wildman–Crippen MR) is 124 cm³/mol. The van der Waals surface area contributed by atoms with E-state index in [1.165, 1.54) is 6.42 Å². The van der Waals surface area contributed by atoms with Gasteiger partial charge in [-0.2, -0.15) is 0 Å². The minimum absolute atomic E-state index is 0.0344. The van der Waals surface area contributed by atoms with E-state index in [1.54, 1.807) is 0 Å². The van der Waals surface area contributed by atoms with Gasteiger partial charge in [-0.05, 0) is 62.1 Å². The van der Waals surface area contributed by atoms with Crippen LogP contribution in [0, 0.1) is 5.92 Å². The van der Waals surface area contributed by atoms with Gasteiger partial charge in [0, 0.05) is 51.1 Å². The number of furan rings is 1. The summed E-state index contributed by atoms with van der Waals surface area (Å²) in [5, 5.41) is 3.01. The number of benzene rings is 1. The molecule has 2 fully saturated rings. The van der Waals surface area contributed by atoms with Gasteiger partial charge in [-0.25, -0.2) is 0 Å². The number of hydrogen-bond donors (Lipinski definition) is 1. The molecule has 1 saturated carbocycles. The number of nitrogens with zero attached hydrogens (tertiary/aromatic N) is 1. The zero-order chi connectivity index (χ0) is 22.3. The van der Waals surface area contributed by atoms with Gasteiger partial charge in [-0.3, -0.25) is 9.69 Å². The third kappa shape index (κ3) is 6.59. The highest BCUT2D eigenvalue weighted by molar-refractivity contribution is 5.76. The van der Waals surface area contributed by atoms with Crippen molar-refractivity contribution in [3.05, 3.63) is 53.5 Å². The molecule has 0 spiro atoms. The molecule has 2 aromatic rings. The molecule has 6 nitrogen and oxygen atoms in total. The van der Waals surface area contributed by atoms with Crippen LogP contribution in [-0.4, -0.2) is 50.3 Å². The number of amides is 1. The molecule has 1 aromatic carbocycles. The number of nitrogens with one attached hydrogen (secondary N) is 1. The standard InChI is InChI=1S/C26H36N2O4/c1-19-16-24(19)25-8-6-22(32-25)7-9-26(29)27-18-20-4-3-5-23(17-20)31-15-12-28(2)21-10-13-30-14-11-21/h3-6,8,17,19,21,24H,7,9-16,18H2,1-2H3,(H,27,29). The van der Waals surface area contributed by atoms with Crippen LogP contribution in [0.3, 0.4) is 0 Å². The lowest BCUT2D eigenvalue weighted by molar-refractivity contribution is -0.121. The first-order chi connectivity index (χ1) is 15.6. The van der Waals surface area contributed by atoms with E-state index in [-0.39, 0.29) is 5.91 Å². The number of ether oxygens (including phenoxy) is 2. The third-order valence-corrected chi connectivity index (χ3v) is 6.67. The van der Waals surface area contributed by atoms with Gasteiger partial charge >= 0.3 is 0 Å². The summed E-state index contributed by atoms with van der Waals surface area (Å²) >= 11 is 0. The predicted octanol–water partition coefficient (Wildman–Crippen LogP) is 4.14. The van der Waals surface area contributed by atoms with Gasteiger partial charge in [-0.1, -0.05) is 19.1 Å². The average molecular weight is 441 g/mol. The van der Waals surface area contributed by atoms with Crippen LogP contribution >= 0.6 is 0 Å². The molecule has 2 atom stereocenters. The minimum Gasteiger partial charge on any atom is -0.492 e. The van der Waals surface area contributed by atoms with Crippen molar-refractivity contribution in [2.75, 3.05) is 33.4 Å². The summed E-state index contributed by atoms with van der Waals surface area (Å²) in [7, 11) is 2.15. The highest BCUT2D eigenvalue weighted by Crippen LogP contribution is 2.47. The lowest BCUT2D eigenvalue weighted by Crippen LogP contribution is -2.38. The summed E-state index contributed by atoms with van der Waals surface area (Å²) in [5.74, 6) is 4.15. The van der Waals surface area contributed by atoms with Gasteiger partial charge in [0.1, 0.15) is 23.9 Å². The van der Waals surface area contributed by atoms with Crippen LogP contribution in [-0.2, 0) is 22.5 Å². The number of aryl methyl sites for hydroxylation is 1. The minimum atomic E-state index is 0.0344. The van der Waals surface area contributed by atoms with Gasteiger partial charge in [0.25, 0.3) is 0 Å². The fourth-order valence-electron chi connectivity index (χ4n) is 4.33. The maximum Gasteiger partial charge on any atom is 0.220 e. The lowest BCUT2D eigenvalue weighted by atomic mass is 10.1. The van der Waals surface area contributed by atoms with Crippen LogP contribution in [0.15, 0.2) is 40.8 Å². The Morgan fingerprint density at radius 2 is 2.03 bits per heavy atom. The highest BCUT2D eigenvalue weighted by atomic mass is 16.5. The Kier molecular flexibility index (Phi) is 7.87. The van der Waals surface area contributed by atoms with E-state index >= 15 is 0 Å². The molecule has 4 rings (SSSR count). The second-order valence-electron chi connectivity index (χ2n) is 9.22. The zero-order valence-corrected chi connectivity index (χ0v) is 19.3. The topological polar surface area (TPSA) is 63.9 Å². The zero-order valence-electron chi connectivity index (χ0n) is 19.3. The van der Waals surface area contributed by atoms with Crippen LogP contribution in [0.25, 0.3) is 0 Å². The van der Waals surface area contributed by atoms with E-state index in [4.69, 9.17) is 13.9 Å². The Morgan fingerprint density at radius 3 is 2.81 bits per heavy atom. The fraction of sp³-hybridized carbons (Fsp3) is 0.577. The van der Waals surface area contributed by atoms with Gasteiger partial charge in [-0.15, -0.1) is 0 Å². The molecule has 2 aliphatic rings. The van der Waals surface area contributed by atoms with Gasteiger partial charge in [0.2, 0.25) is 5.91 Å². The molecular formula is C26H36N2O4. The number of carbonyl (C=O) groups excluding carboxylic acids is 1. The highest BCUT2D eigenvalue weighted by Gasteiger charge is 2.36. The SMILES string of the molecule is CC1CC1c1ccc(CCC(=O)NCc2cccc(OCCN(C)C3CCOCC3)c2)o1. The van der Waals surface area contributed by atoms with E-state index < -0.39 is 0 Å². The first-order valence-electron chi connectivity index (χ1n) is 11.9. The molecule has 32 heavy (non-hydrogen) atoms. The van der Waals surface area contributed by atoms with E-state index in [9.17, 15) is 4.79 Å².